The number of benzene rings is 2. The van der Waals surface area contributed by atoms with E-state index in [9.17, 15) is 9.59 Å². The van der Waals surface area contributed by atoms with E-state index in [-0.39, 0.29) is 17.7 Å². The van der Waals surface area contributed by atoms with Gasteiger partial charge < -0.3 is 15.4 Å². The van der Waals surface area contributed by atoms with E-state index in [4.69, 9.17) is 4.74 Å². The smallest absolute Gasteiger partial charge is 0.226 e. The standard InChI is InChI=1S/C21H26N2O3S/c1-15(2)21(25)23-17-6-4-16(5-7-17)14-22-20(24)12-13-27-19-10-8-18(26-3)9-11-19/h4-11,15H,12-14H2,1-3H3,(H,22,24)(H,23,25). The topological polar surface area (TPSA) is 67.4 Å². The average molecular weight is 387 g/mol. The van der Waals surface area contributed by atoms with Crippen LogP contribution in [0.15, 0.2) is 53.4 Å². The molecule has 2 rings (SSSR count). The highest BCUT2D eigenvalue weighted by atomic mass is 32.2. The molecule has 6 heteroatoms. The Hall–Kier alpha value is -2.47. The number of hydrogen-bond donors (Lipinski definition) is 2. The van der Waals surface area contributed by atoms with Gasteiger partial charge in [-0.25, -0.2) is 0 Å². The van der Waals surface area contributed by atoms with Crippen LogP contribution in [0.1, 0.15) is 25.8 Å². The van der Waals surface area contributed by atoms with Crippen molar-refractivity contribution in [3.63, 3.8) is 0 Å². The van der Waals surface area contributed by atoms with Gasteiger partial charge in [0.25, 0.3) is 0 Å². The Morgan fingerprint density at radius 1 is 1.04 bits per heavy atom. The summed E-state index contributed by atoms with van der Waals surface area (Å²) in [5, 5.41) is 5.77. The van der Waals surface area contributed by atoms with Crippen molar-refractivity contribution in [1.82, 2.24) is 5.32 Å². The van der Waals surface area contributed by atoms with Gasteiger partial charge in [0.05, 0.1) is 7.11 Å². The number of amides is 2. The summed E-state index contributed by atoms with van der Waals surface area (Å²) in [6.45, 7) is 4.18. The van der Waals surface area contributed by atoms with Gasteiger partial charge in [-0.15, -0.1) is 11.8 Å². The first-order valence-electron chi connectivity index (χ1n) is 8.91. The zero-order chi connectivity index (χ0) is 19.6. The van der Waals surface area contributed by atoms with E-state index in [0.29, 0.717) is 13.0 Å². The number of carbonyl (C=O) groups is 2. The molecule has 2 N–H and O–H groups in total. The molecule has 0 aliphatic rings. The lowest BCUT2D eigenvalue weighted by molar-refractivity contribution is -0.121. The quantitative estimate of drug-likeness (QED) is 0.637. The maximum atomic E-state index is 12.0. The third-order valence-corrected chi connectivity index (χ3v) is 4.91. The lowest BCUT2D eigenvalue weighted by atomic mass is 10.1. The van der Waals surface area contributed by atoms with Gasteiger partial charge >= 0.3 is 0 Å². The molecule has 0 spiro atoms. The zero-order valence-electron chi connectivity index (χ0n) is 16.0. The third-order valence-electron chi connectivity index (χ3n) is 3.89. The molecule has 0 radical (unpaired) electrons. The molecule has 2 aromatic carbocycles. The van der Waals surface area contributed by atoms with E-state index in [1.807, 2.05) is 62.4 Å². The fraction of sp³-hybridized carbons (Fsp3) is 0.333. The van der Waals surface area contributed by atoms with Crippen LogP contribution in [0.2, 0.25) is 0 Å². The van der Waals surface area contributed by atoms with E-state index in [2.05, 4.69) is 10.6 Å². The van der Waals surface area contributed by atoms with Gasteiger partial charge in [0.1, 0.15) is 5.75 Å². The molecule has 2 amide bonds. The summed E-state index contributed by atoms with van der Waals surface area (Å²) >= 11 is 1.64. The second-order valence-electron chi connectivity index (χ2n) is 6.39. The summed E-state index contributed by atoms with van der Waals surface area (Å²) in [6, 6.07) is 15.3. The molecule has 5 nitrogen and oxygen atoms in total. The monoisotopic (exact) mass is 386 g/mol. The molecule has 0 aliphatic heterocycles. The summed E-state index contributed by atoms with van der Waals surface area (Å²) in [5.41, 5.74) is 1.76. The highest BCUT2D eigenvalue weighted by Gasteiger charge is 2.07. The highest BCUT2D eigenvalue weighted by molar-refractivity contribution is 7.99. The second kappa shape index (κ2) is 10.6. The van der Waals surface area contributed by atoms with Crippen LogP contribution in [0, 0.1) is 5.92 Å². The van der Waals surface area contributed by atoms with E-state index in [1.165, 1.54) is 0 Å². The van der Waals surface area contributed by atoms with Gasteiger partial charge in [-0.05, 0) is 42.0 Å². The molecule has 0 atom stereocenters. The summed E-state index contributed by atoms with van der Waals surface area (Å²) < 4.78 is 5.13. The van der Waals surface area contributed by atoms with Gasteiger partial charge in [0, 0.05) is 35.2 Å². The van der Waals surface area contributed by atoms with Gasteiger partial charge in [0.15, 0.2) is 0 Å². The fourth-order valence-corrected chi connectivity index (χ4v) is 3.07. The van der Waals surface area contributed by atoms with Crippen LogP contribution in [0.5, 0.6) is 5.75 Å². The Kier molecular flexibility index (Phi) is 8.20. The number of methoxy groups -OCH3 is 1. The Morgan fingerprint density at radius 3 is 2.30 bits per heavy atom. The Labute approximate surface area is 164 Å². The van der Waals surface area contributed by atoms with Crippen molar-refractivity contribution in [1.29, 1.82) is 0 Å². The van der Waals surface area contributed by atoms with Crippen molar-refractivity contribution in [3.8, 4) is 5.75 Å². The van der Waals surface area contributed by atoms with Crippen molar-refractivity contribution in [2.75, 3.05) is 18.2 Å². The maximum Gasteiger partial charge on any atom is 0.226 e. The van der Waals surface area contributed by atoms with E-state index in [0.717, 1.165) is 27.6 Å². The lowest BCUT2D eigenvalue weighted by Crippen LogP contribution is -2.23. The molecular formula is C21H26N2O3S. The number of hydrogen-bond acceptors (Lipinski definition) is 4. The first-order chi connectivity index (χ1) is 13.0. The number of rotatable bonds is 9. The molecule has 0 saturated heterocycles. The van der Waals surface area contributed by atoms with Crippen LogP contribution in [-0.4, -0.2) is 24.7 Å². The van der Waals surface area contributed by atoms with Crippen LogP contribution < -0.4 is 15.4 Å². The molecule has 0 heterocycles. The minimum atomic E-state index is -0.0558. The van der Waals surface area contributed by atoms with Crippen molar-refractivity contribution >= 4 is 29.3 Å². The minimum absolute atomic E-state index is 0.00888. The first-order valence-corrected chi connectivity index (χ1v) is 9.90. The summed E-state index contributed by atoms with van der Waals surface area (Å²) in [5.74, 6) is 1.50. The number of thioether (sulfide) groups is 1. The third kappa shape index (κ3) is 7.35. The van der Waals surface area contributed by atoms with Crippen LogP contribution >= 0.6 is 11.8 Å². The molecule has 144 valence electrons. The van der Waals surface area contributed by atoms with Crippen molar-refractivity contribution in [3.05, 3.63) is 54.1 Å². The zero-order valence-corrected chi connectivity index (χ0v) is 16.8. The molecule has 0 fully saturated rings. The summed E-state index contributed by atoms with van der Waals surface area (Å²) in [6.07, 6.45) is 0.458. The largest absolute Gasteiger partial charge is 0.497 e. The highest BCUT2D eigenvalue weighted by Crippen LogP contribution is 2.21. The predicted molar refractivity (Wildman–Crippen MR) is 110 cm³/mol. The van der Waals surface area contributed by atoms with Crippen molar-refractivity contribution < 1.29 is 14.3 Å². The molecule has 0 aliphatic carbocycles. The van der Waals surface area contributed by atoms with E-state index < -0.39 is 0 Å². The molecule has 0 aromatic heterocycles. The first kappa shape index (κ1) is 20.8. The number of anilines is 1. The fourth-order valence-electron chi connectivity index (χ4n) is 2.22. The molecular weight excluding hydrogens is 360 g/mol. The Bertz CT molecular complexity index is 743. The number of nitrogens with one attached hydrogen (secondary N) is 2. The van der Waals surface area contributed by atoms with Gasteiger partial charge in [-0.3, -0.25) is 9.59 Å². The molecule has 2 aromatic rings. The van der Waals surface area contributed by atoms with Gasteiger partial charge in [-0.2, -0.15) is 0 Å². The van der Waals surface area contributed by atoms with E-state index in [1.54, 1.807) is 18.9 Å². The molecule has 27 heavy (non-hydrogen) atoms. The Balaban J connectivity index is 1.69. The maximum absolute atomic E-state index is 12.0. The number of ether oxygens (including phenoxy) is 1. The molecule has 0 saturated carbocycles. The Morgan fingerprint density at radius 2 is 1.70 bits per heavy atom. The molecule has 0 unspecified atom stereocenters. The average Bonchev–Trinajstić information content (AvgIpc) is 2.68. The van der Waals surface area contributed by atoms with Crippen LogP contribution in [0.25, 0.3) is 0 Å². The van der Waals surface area contributed by atoms with Crippen molar-refractivity contribution in [2.24, 2.45) is 5.92 Å². The minimum Gasteiger partial charge on any atom is -0.497 e. The van der Waals surface area contributed by atoms with Gasteiger partial charge in [0.2, 0.25) is 11.8 Å². The molecule has 0 bridgehead atoms. The van der Waals surface area contributed by atoms with E-state index >= 15 is 0 Å². The normalized spacial score (nSPS) is 10.5. The number of carbonyl (C=O) groups excluding carboxylic acids is 2. The second-order valence-corrected chi connectivity index (χ2v) is 7.56. The summed E-state index contributed by atoms with van der Waals surface area (Å²) in [4.78, 5) is 24.8. The summed E-state index contributed by atoms with van der Waals surface area (Å²) in [7, 11) is 1.64. The van der Waals surface area contributed by atoms with Gasteiger partial charge in [-0.1, -0.05) is 26.0 Å². The SMILES string of the molecule is COc1ccc(SCCC(=O)NCc2ccc(NC(=O)C(C)C)cc2)cc1. The lowest BCUT2D eigenvalue weighted by Gasteiger charge is -2.09. The van der Waals surface area contributed by atoms with Crippen LogP contribution in [-0.2, 0) is 16.1 Å². The predicted octanol–water partition coefficient (Wildman–Crippen LogP) is 4.09. The van der Waals surface area contributed by atoms with Crippen molar-refractivity contribution in [2.45, 2.75) is 31.7 Å². The van der Waals surface area contributed by atoms with Crippen LogP contribution in [0.4, 0.5) is 5.69 Å². The van der Waals surface area contributed by atoms with Crippen LogP contribution in [0.3, 0.4) is 0 Å².